The Morgan fingerprint density at radius 1 is 1.31 bits per heavy atom. The zero-order chi connectivity index (χ0) is 18.3. The smallest absolute Gasteiger partial charge is 0.193 e. The Hall–Kier alpha value is -2.44. The average molecular weight is 359 g/mol. The van der Waals surface area contributed by atoms with E-state index < -0.39 is 11.6 Å². The molecule has 7 heteroatoms. The Morgan fingerprint density at radius 3 is 2.73 bits per heavy atom. The lowest BCUT2D eigenvalue weighted by molar-refractivity contribution is 0.483. The summed E-state index contributed by atoms with van der Waals surface area (Å²) in [6.45, 7) is 1.78. The van der Waals surface area contributed by atoms with Gasteiger partial charge in [-0.2, -0.15) is 5.10 Å². The fraction of sp³-hybridized carbons (Fsp3) is 0.474. The molecule has 1 aliphatic heterocycles. The summed E-state index contributed by atoms with van der Waals surface area (Å²) >= 11 is 0. The molecule has 2 fully saturated rings. The van der Waals surface area contributed by atoms with Crippen molar-refractivity contribution in [2.75, 3.05) is 20.1 Å². The number of nitrogens with zero attached hydrogens (tertiary/aromatic N) is 4. The Kier molecular flexibility index (Phi) is 4.38. The molecule has 1 aromatic carbocycles. The topological polar surface area (TPSA) is 45.5 Å². The molecule has 3 unspecified atom stereocenters. The molecule has 0 amide bonds. The van der Waals surface area contributed by atoms with Gasteiger partial charge in [-0.15, -0.1) is 0 Å². The minimum Gasteiger partial charge on any atom is -0.353 e. The average Bonchev–Trinajstić information content (AvgIpc) is 3.00. The highest BCUT2D eigenvalue weighted by Gasteiger charge is 2.43. The van der Waals surface area contributed by atoms with Crippen LogP contribution < -0.4 is 5.32 Å². The predicted molar refractivity (Wildman–Crippen MR) is 96.1 cm³/mol. The standard InChI is InChI=1S/C19H23F2N5/c1-22-19(26-7-6-12(11-26)13-9-23-25(2)10-13)24-17-8-14(17)18-15(20)4-3-5-16(18)21/h3-5,9-10,12,14,17H,6-8,11H2,1-2H3,(H,22,24). The van der Waals surface area contributed by atoms with E-state index in [-0.39, 0.29) is 17.5 Å². The summed E-state index contributed by atoms with van der Waals surface area (Å²) in [5.41, 5.74) is 1.43. The molecule has 0 bridgehead atoms. The van der Waals surface area contributed by atoms with Crippen molar-refractivity contribution >= 4 is 5.96 Å². The van der Waals surface area contributed by atoms with Crippen LogP contribution in [0.25, 0.3) is 0 Å². The normalized spacial score (nSPS) is 25.6. The van der Waals surface area contributed by atoms with Crippen molar-refractivity contribution in [2.45, 2.75) is 30.7 Å². The van der Waals surface area contributed by atoms with Gasteiger partial charge in [0, 0.05) is 56.8 Å². The number of aromatic nitrogens is 2. The molecule has 4 rings (SSSR count). The van der Waals surface area contributed by atoms with Crippen molar-refractivity contribution in [1.29, 1.82) is 0 Å². The third-order valence-corrected chi connectivity index (χ3v) is 5.37. The second kappa shape index (κ2) is 6.70. The fourth-order valence-corrected chi connectivity index (χ4v) is 3.88. The molecule has 138 valence electrons. The first kappa shape index (κ1) is 17.0. The maximum absolute atomic E-state index is 14.0. The van der Waals surface area contributed by atoms with E-state index in [9.17, 15) is 8.78 Å². The molecule has 26 heavy (non-hydrogen) atoms. The van der Waals surface area contributed by atoms with Gasteiger partial charge in [-0.3, -0.25) is 9.67 Å². The molecule has 1 aromatic heterocycles. The van der Waals surface area contributed by atoms with Crippen LogP contribution >= 0.6 is 0 Å². The molecule has 0 spiro atoms. The molecular weight excluding hydrogens is 336 g/mol. The molecule has 2 aromatic rings. The Bertz CT molecular complexity index is 811. The summed E-state index contributed by atoms with van der Waals surface area (Å²) in [4.78, 5) is 6.59. The van der Waals surface area contributed by atoms with E-state index in [1.54, 1.807) is 7.05 Å². The summed E-state index contributed by atoms with van der Waals surface area (Å²) in [7, 11) is 3.67. The highest BCUT2D eigenvalue weighted by molar-refractivity contribution is 5.81. The van der Waals surface area contributed by atoms with Gasteiger partial charge in [0.1, 0.15) is 11.6 Å². The molecule has 3 atom stereocenters. The maximum Gasteiger partial charge on any atom is 0.193 e. The van der Waals surface area contributed by atoms with Crippen LogP contribution in [0.3, 0.4) is 0 Å². The summed E-state index contributed by atoms with van der Waals surface area (Å²) in [5, 5.41) is 7.64. The number of halogens is 2. The van der Waals surface area contributed by atoms with Crippen LogP contribution in [0.15, 0.2) is 35.6 Å². The van der Waals surface area contributed by atoms with E-state index >= 15 is 0 Å². The molecule has 1 aliphatic carbocycles. The molecule has 2 aliphatic rings. The maximum atomic E-state index is 14.0. The Balaban J connectivity index is 1.39. The number of hydrogen-bond acceptors (Lipinski definition) is 2. The van der Waals surface area contributed by atoms with Crippen LogP contribution in [0.4, 0.5) is 8.78 Å². The summed E-state index contributed by atoms with van der Waals surface area (Å²) in [6, 6.07) is 4.07. The van der Waals surface area contributed by atoms with Crippen molar-refractivity contribution in [2.24, 2.45) is 12.0 Å². The SMILES string of the molecule is CN=C(NC1CC1c1c(F)cccc1F)N1CCC(c2cnn(C)c2)C1. The van der Waals surface area contributed by atoms with Gasteiger partial charge in [-0.1, -0.05) is 6.07 Å². The monoisotopic (exact) mass is 359 g/mol. The lowest BCUT2D eigenvalue weighted by atomic mass is 10.0. The number of aryl methyl sites for hydroxylation is 1. The van der Waals surface area contributed by atoms with Gasteiger partial charge < -0.3 is 10.2 Å². The highest BCUT2D eigenvalue weighted by atomic mass is 19.1. The van der Waals surface area contributed by atoms with Gasteiger partial charge in [0.05, 0.1) is 6.20 Å². The minimum atomic E-state index is -0.466. The predicted octanol–water partition coefficient (Wildman–Crippen LogP) is 2.62. The first-order valence-corrected chi connectivity index (χ1v) is 8.97. The first-order chi connectivity index (χ1) is 12.6. The molecule has 0 radical (unpaired) electrons. The van der Waals surface area contributed by atoms with Crippen LogP contribution in [0.5, 0.6) is 0 Å². The number of hydrogen-bond donors (Lipinski definition) is 1. The van der Waals surface area contributed by atoms with Gasteiger partial charge in [0.25, 0.3) is 0 Å². The number of likely N-dealkylation sites (tertiary alicyclic amines) is 1. The second-order valence-corrected chi connectivity index (χ2v) is 7.15. The van der Waals surface area contributed by atoms with Crippen LogP contribution in [0.2, 0.25) is 0 Å². The van der Waals surface area contributed by atoms with Crippen molar-refractivity contribution in [3.8, 4) is 0 Å². The van der Waals surface area contributed by atoms with Crippen LogP contribution in [-0.4, -0.2) is 46.8 Å². The van der Waals surface area contributed by atoms with E-state index in [4.69, 9.17) is 0 Å². The fourth-order valence-electron chi connectivity index (χ4n) is 3.88. The van der Waals surface area contributed by atoms with Crippen LogP contribution in [-0.2, 0) is 7.05 Å². The lowest BCUT2D eigenvalue weighted by Crippen LogP contribution is -2.41. The van der Waals surface area contributed by atoms with Gasteiger partial charge >= 0.3 is 0 Å². The number of guanidine groups is 1. The number of benzene rings is 1. The van der Waals surface area contributed by atoms with Gasteiger partial charge in [0.15, 0.2) is 5.96 Å². The Morgan fingerprint density at radius 2 is 2.08 bits per heavy atom. The largest absolute Gasteiger partial charge is 0.353 e. The quantitative estimate of drug-likeness (QED) is 0.677. The summed E-state index contributed by atoms with van der Waals surface area (Å²) < 4.78 is 29.7. The van der Waals surface area contributed by atoms with Crippen molar-refractivity contribution < 1.29 is 8.78 Å². The minimum absolute atomic E-state index is 0.0255. The van der Waals surface area contributed by atoms with Gasteiger partial charge in [-0.25, -0.2) is 8.78 Å². The van der Waals surface area contributed by atoms with Gasteiger partial charge in [0.2, 0.25) is 0 Å². The zero-order valence-corrected chi connectivity index (χ0v) is 15.0. The number of rotatable bonds is 3. The first-order valence-electron chi connectivity index (χ1n) is 8.97. The van der Waals surface area contributed by atoms with E-state index in [2.05, 4.69) is 26.5 Å². The van der Waals surface area contributed by atoms with E-state index in [1.807, 2.05) is 17.9 Å². The summed E-state index contributed by atoms with van der Waals surface area (Å²) in [5.74, 6) is 0.172. The number of aliphatic imine (C=N–C) groups is 1. The molecule has 1 N–H and O–H groups in total. The lowest BCUT2D eigenvalue weighted by Gasteiger charge is -2.22. The second-order valence-electron chi connectivity index (χ2n) is 7.15. The molecule has 5 nitrogen and oxygen atoms in total. The summed E-state index contributed by atoms with van der Waals surface area (Å²) in [6.07, 6.45) is 5.74. The number of nitrogens with one attached hydrogen (secondary N) is 1. The third-order valence-electron chi connectivity index (χ3n) is 5.37. The molecule has 1 saturated heterocycles. The van der Waals surface area contributed by atoms with Crippen LogP contribution in [0.1, 0.15) is 35.8 Å². The van der Waals surface area contributed by atoms with E-state index in [0.29, 0.717) is 5.92 Å². The zero-order valence-electron chi connectivity index (χ0n) is 15.0. The third kappa shape index (κ3) is 3.18. The van der Waals surface area contributed by atoms with Crippen molar-refractivity contribution in [3.63, 3.8) is 0 Å². The molecular formula is C19H23F2N5. The Labute approximate surface area is 151 Å². The molecule has 2 heterocycles. The van der Waals surface area contributed by atoms with E-state index in [0.717, 1.165) is 31.9 Å². The highest BCUT2D eigenvalue weighted by Crippen LogP contribution is 2.43. The van der Waals surface area contributed by atoms with Gasteiger partial charge in [-0.05, 0) is 30.5 Å². The van der Waals surface area contributed by atoms with E-state index in [1.165, 1.54) is 23.8 Å². The van der Waals surface area contributed by atoms with Crippen LogP contribution in [0, 0.1) is 11.6 Å². The molecule has 1 saturated carbocycles. The van der Waals surface area contributed by atoms with Crippen molar-refractivity contribution in [1.82, 2.24) is 20.0 Å². The van der Waals surface area contributed by atoms with Crippen molar-refractivity contribution in [3.05, 3.63) is 53.4 Å².